The predicted octanol–water partition coefficient (Wildman–Crippen LogP) is 3.42. The summed E-state index contributed by atoms with van der Waals surface area (Å²) >= 11 is 6.22. The third-order valence-electron chi connectivity index (χ3n) is 1.36. The molecule has 0 aromatic heterocycles. The van der Waals surface area contributed by atoms with E-state index in [9.17, 15) is 4.39 Å². The van der Waals surface area contributed by atoms with Crippen LogP contribution in [0, 0.1) is 17.1 Å². The summed E-state index contributed by atoms with van der Waals surface area (Å²) in [5.41, 5.74) is 0.783. The highest BCUT2D eigenvalue weighted by Gasteiger charge is 2.05. The lowest BCUT2D eigenvalue weighted by Gasteiger charge is -2.01. The summed E-state index contributed by atoms with van der Waals surface area (Å²) in [5, 5.41) is 8.42. The fourth-order valence-electron chi connectivity index (χ4n) is 0.784. The van der Waals surface area contributed by atoms with E-state index in [2.05, 4.69) is 31.9 Å². The molecule has 0 heterocycles. The minimum atomic E-state index is -0.330. The lowest BCUT2D eigenvalue weighted by molar-refractivity contribution is 0.619. The van der Waals surface area contributed by atoms with Crippen LogP contribution in [0.25, 0.3) is 0 Å². The van der Waals surface area contributed by atoms with Crippen LogP contribution in [0.4, 0.5) is 4.39 Å². The van der Waals surface area contributed by atoms with Gasteiger partial charge in [0.25, 0.3) is 0 Å². The molecule has 0 aliphatic carbocycles. The van der Waals surface area contributed by atoms with Gasteiger partial charge in [0, 0.05) is 4.47 Å². The average molecular weight is 293 g/mol. The molecule has 0 fully saturated rings. The van der Waals surface area contributed by atoms with Crippen molar-refractivity contribution in [3.05, 3.63) is 32.5 Å². The number of benzene rings is 1. The molecule has 62 valence electrons. The van der Waals surface area contributed by atoms with E-state index in [1.54, 1.807) is 6.07 Å². The highest BCUT2D eigenvalue weighted by molar-refractivity contribution is 9.11. The van der Waals surface area contributed by atoms with Gasteiger partial charge in [-0.1, -0.05) is 15.9 Å². The van der Waals surface area contributed by atoms with Crippen molar-refractivity contribution in [2.45, 2.75) is 6.42 Å². The number of nitrogens with zero attached hydrogens (tertiary/aromatic N) is 1. The van der Waals surface area contributed by atoms with Crippen molar-refractivity contribution in [3.8, 4) is 6.07 Å². The Labute approximate surface area is 86.5 Å². The predicted molar refractivity (Wildman–Crippen MR) is 51.1 cm³/mol. The van der Waals surface area contributed by atoms with Crippen LogP contribution < -0.4 is 0 Å². The van der Waals surface area contributed by atoms with Crippen molar-refractivity contribution in [2.24, 2.45) is 0 Å². The fraction of sp³-hybridized carbons (Fsp3) is 0.125. The first kappa shape index (κ1) is 9.69. The van der Waals surface area contributed by atoms with Gasteiger partial charge in [0.2, 0.25) is 0 Å². The zero-order valence-electron chi connectivity index (χ0n) is 5.94. The molecule has 0 unspecified atom stereocenters. The van der Waals surface area contributed by atoms with E-state index in [-0.39, 0.29) is 12.2 Å². The smallest absolute Gasteiger partial charge is 0.138 e. The van der Waals surface area contributed by atoms with Crippen LogP contribution in [0.2, 0.25) is 0 Å². The highest BCUT2D eigenvalue weighted by atomic mass is 79.9. The Balaban J connectivity index is 3.16. The summed E-state index contributed by atoms with van der Waals surface area (Å²) in [6.45, 7) is 0. The van der Waals surface area contributed by atoms with Gasteiger partial charge in [-0.25, -0.2) is 4.39 Å². The first-order chi connectivity index (χ1) is 5.65. The van der Waals surface area contributed by atoms with Gasteiger partial charge < -0.3 is 0 Å². The van der Waals surface area contributed by atoms with E-state index in [0.29, 0.717) is 8.95 Å². The van der Waals surface area contributed by atoms with Crippen LogP contribution in [0.3, 0.4) is 0 Å². The summed E-state index contributed by atoms with van der Waals surface area (Å²) in [4.78, 5) is 0. The van der Waals surface area contributed by atoms with Gasteiger partial charge in [-0.3, -0.25) is 0 Å². The summed E-state index contributed by atoms with van der Waals surface area (Å²) in [7, 11) is 0. The van der Waals surface area contributed by atoms with Crippen LogP contribution in [0.1, 0.15) is 5.56 Å². The van der Waals surface area contributed by atoms with Crippen molar-refractivity contribution < 1.29 is 4.39 Å². The Morgan fingerprint density at radius 1 is 1.33 bits per heavy atom. The topological polar surface area (TPSA) is 23.8 Å². The largest absolute Gasteiger partial charge is 0.206 e. The van der Waals surface area contributed by atoms with E-state index in [1.165, 1.54) is 6.07 Å². The van der Waals surface area contributed by atoms with Gasteiger partial charge in [0.15, 0.2) is 0 Å². The molecule has 0 N–H and O–H groups in total. The Morgan fingerprint density at radius 3 is 2.58 bits per heavy atom. The second kappa shape index (κ2) is 4.01. The van der Waals surface area contributed by atoms with Crippen LogP contribution in [-0.2, 0) is 6.42 Å². The number of nitriles is 1. The molecule has 1 rings (SSSR count). The molecule has 0 atom stereocenters. The lowest BCUT2D eigenvalue weighted by Crippen LogP contribution is -1.87. The van der Waals surface area contributed by atoms with Gasteiger partial charge >= 0.3 is 0 Å². The minimum Gasteiger partial charge on any atom is -0.206 e. The summed E-state index contributed by atoms with van der Waals surface area (Å²) in [6.07, 6.45) is 0.277. The molecule has 12 heavy (non-hydrogen) atoms. The highest BCUT2D eigenvalue weighted by Crippen LogP contribution is 2.24. The van der Waals surface area contributed by atoms with Gasteiger partial charge in [0.05, 0.1) is 17.0 Å². The molecule has 4 heteroatoms. The lowest BCUT2D eigenvalue weighted by atomic mass is 10.2. The molecule has 0 saturated heterocycles. The SMILES string of the molecule is N#CCc1cc(Br)c(F)cc1Br. The van der Waals surface area contributed by atoms with Crippen molar-refractivity contribution in [3.63, 3.8) is 0 Å². The second-order valence-electron chi connectivity index (χ2n) is 2.19. The molecule has 1 nitrogen and oxygen atoms in total. The standard InChI is InChI=1S/C8H4Br2FN/c9-6-4-8(11)7(10)3-5(6)1-2-12/h3-4H,1H2. The summed E-state index contributed by atoms with van der Waals surface area (Å²) in [6, 6.07) is 4.94. The Hall–Kier alpha value is -0.400. The third kappa shape index (κ3) is 2.05. The van der Waals surface area contributed by atoms with Crippen LogP contribution >= 0.6 is 31.9 Å². The maximum atomic E-state index is 12.8. The summed E-state index contributed by atoms with van der Waals surface area (Å²) < 4.78 is 13.9. The fourth-order valence-corrected chi connectivity index (χ4v) is 1.63. The molecule has 0 radical (unpaired) electrons. The average Bonchev–Trinajstić information content (AvgIpc) is 2.01. The normalized spacial score (nSPS) is 9.50. The number of halogens is 3. The van der Waals surface area contributed by atoms with E-state index >= 15 is 0 Å². The van der Waals surface area contributed by atoms with Gasteiger partial charge in [-0.2, -0.15) is 5.26 Å². The minimum absolute atomic E-state index is 0.277. The molecular formula is C8H4Br2FN. The molecule has 0 amide bonds. The molecule has 0 bridgehead atoms. The molecule has 0 saturated carbocycles. The first-order valence-corrected chi connectivity index (χ1v) is 4.74. The van der Waals surface area contributed by atoms with E-state index in [0.717, 1.165) is 5.56 Å². The molecule has 0 spiro atoms. The monoisotopic (exact) mass is 291 g/mol. The van der Waals surface area contributed by atoms with E-state index in [1.807, 2.05) is 6.07 Å². The maximum Gasteiger partial charge on any atom is 0.138 e. The quantitative estimate of drug-likeness (QED) is 0.728. The van der Waals surface area contributed by atoms with Crippen molar-refractivity contribution >= 4 is 31.9 Å². The van der Waals surface area contributed by atoms with Crippen molar-refractivity contribution in [1.29, 1.82) is 5.26 Å². The van der Waals surface area contributed by atoms with Crippen molar-refractivity contribution in [1.82, 2.24) is 0 Å². The second-order valence-corrected chi connectivity index (χ2v) is 3.90. The Morgan fingerprint density at radius 2 is 2.00 bits per heavy atom. The first-order valence-electron chi connectivity index (χ1n) is 3.15. The zero-order valence-corrected chi connectivity index (χ0v) is 9.11. The van der Waals surface area contributed by atoms with Gasteiger partial charge in [-0.05, 0) is 33.6 Å². The molecule has 0 aliphatic rings. The Kier molecular flexibility index (Phi) is 3.24. The summed E-state index contributed by atoms with van der Waals surface area (Å²) in [5.74, 6) is -0.330. The van der Waals surface area contributed by atoms with Crippen LogP contribution in [0.5, 0.6) is 0 Å². The molecule has 0 aliphatic heterocycles. The van der Waals surface area contributed by atoms with E-state index in [4.69, 9.17) is 5.26 Å². The van der Waals surface area contributed by atoms with E-state index < -0.39 is 0 Å². The van der Waals surface area contributed by atoms with Gasteiger partial charge in [-0.15, -0.1) is 0 Å². The molecule has 1 aromatic carbocycles. The zero-order chi connectivity index (χ0) is 9.14. The third-order valence-corrected chi connectivity index (χ3v) is 2.70. The number of hydrogen-bond donors (Lipinski definition) is 0. The van der Waals surface area contributed by atoms with Crippen molar-refractivity contribution in [2.75, 3.05) is 0 Å². The van der Waals surface area contributed by atoms with Crippen LogP contribution in [-0.4, -0.2) is 0 Å². The Bertz CT molecular complexity index is 344. The van der Waals surface area contributed by atoms with Gasteiger partial charge in [0.1, 0.15) is 5.82 Å². The number of rotatable bonds is 1. The maximum absolute atomic E-state index is 12.8. The number of hydrogen-bond acceptors (Lipinski definition) is 1. The molecular weight excluding hydrogens is 289 g/mol. The molecule has 1 aromatic rings. The van der Waals surface area contributed by atoms with Crippen LogP contribution in [0.15, 0.2) is 21.1 Å².